The van der Waals surface area contributed by atoms with E-state index in [1.165, 1.54) is 4.90 Å². The van der Waals surface area contributed by atoms with Crippen molar-refractivity contribution in [2.24, 2.45) is 11.8 Å². The number of hydrogen-bond acceptors (Lipinski definition) is 6. The van der Waals surface area contributed by atoms with Gasteiger partial charge in [-0.05, 0) is 42.2 Å². The highest BCUT2D eigenvalue weighted by molar-refractivity contribution is 6.26. The third-order valence-corrected chi connectivity index (χ3v) is 9.12. The van der Waals surface area contributed by atoms with Gasteiger partial charge >= 0.3 is 0 Å². The topological polar surface area (TPSA) is 113 Å². The van der Waals surface area contributed by atoms with E-state index in [1.807, 2.05) is 55.6 Å². The lowest BCUT2D eigenvalue weighted by Gasteiger charge is -2.30. The van der Waals surface area contributed by atoms with E-state index < -0.39 is 29.3 Å². The van der Waals surface area contributed by atoms with Gasteiger partial charge in [0.25, 0.3) is 0 Å². The van der Waals surface area contributed by atoms with E-state index in [-0.39, 0.29) is 11.8 Å². The van der Waals surface area contributed by atoms with Crippen molar-refractivity contribution in [3.63, 3.8) is 0 Å². The largest absolute Gasteiger partial charge is 0.486 e. The van der Waals surface area contributed by atoms with Crippen LogP contribution in [0.15, 0.2) is 66.9 Å². The van der Waals surface area contributed by atoms with E-state index in [1.54, 1.807) is 18.2 Å². The standard InChI is InChI=1S/C32H28N4O5/c1-2-17-6-5-8-21-28(17)34-31(39)32(21)27-26(23(35-32)14-18-16-33-22-9-4-3-7-20(18)22)29(37)36(30(27)38)19-10-11-24-25(15-19)41-13-12-40-24/h3-11,15-16,23,26-27,33,35H,2,12-14H2,1H3,(H,34,39)/t23-,26+,27-,32+/m0/s1. The van der Waals surface area contributed by atoms with Gasteiger partial charge in [0.05, 0.1) is 17.5 Å². The Morgan fingerprint density at radius 1 is 0.927 bits per heavy atom. The van der Waals surface area contributed by atoms with E-state index >= 15 is 0 Å². The van der Waals surface area contributed by atoms with Crippen molar-refractivity contribution in [2.45, 2.75) is 31.3 Å². The van der Waals surface area contributed by atoms with Gasteiger partial charge in [0, 0.05) is 40.5 Å². The summed E-state index contributed by atoms with van der Waals surface area (Å²) in [4.78, 5) is 47.3. The number of imide groups is 1. The summed E-state index contributed by atoms with van der Waals surface area (Å²) in [5.41, 5.74) is 3.52. The summed E-state index contributed by atoms with van der Waals surface area (Å²) in [5.74, 6) is -1.60. The van der Waals surface area contributed by atoms with Gasteiger partial charge in [0.2, 0.25) is 17.7 Å². The van der Waals surface area contributed by atoms with Crippen molar-refractivity contribution < 1.29 is 23.9 Å². The molecule has 1 spiro atoms. The molecular formula is C32H28N4O5. The van der Waals surface area contributed by atoms with Crippen molar-refractivity contribution in [2.75, 3.05) is 23.4 Å². The molecule has 206 valence electrons. The summed E-state index contributed by atoms with van der Waals surface area (Å²) in [6, 6.07) is 18.4. The molecule has 9 nitrogen and oxygen atoms in total. The SMILES string of the molecule is CCc1cccc2c1NC(=O)[C@@]21N[C@@H](Cc2c[nH]c3ccccc23)[C@H]2C(=O)N(c3ccc4c(c3)OCCO4)C(=O)[C@H]21. The summed E-state index contributed by atoms with van der Waals surface area (Å²) in [6.07, 6.45) is 3.14. The number of benzene rings is 3. The van der Waals surface area contributed by atoms with Crippen LogP contribution in [-0.4, -0.2) is 42.0 Å². The zero-order valence-corrected chi connectivity index (χ0v) is 22.4. The Balaban J connectivity index is 1.27. The van der Waals surface area contributed by atoms with E-state index in [0.717, 1.165) is 39.7 Å². The molecule has 0 aliphatic carbocycles. The number of amides is 3. The fraction of sp³-hybridized carbons (Fsp3) is 0.281. The maximum atomic E-state index is 14.4. The average molecular weight is 549 g/mol. The summed E-state index contributed by atoms with van der Waals surface area (Å²) in [7, 11) is 0. The number of hydrogen-bond donors (Lipinski definition) is 3. The average Bonchev–Trinajstić information content (AvgIpc) is 3.71. The number of nitrogens with zero attached hydrogens (tertiary/aromatic N) is 1. The highest BCUT2D eigenvalue weighted by atomic mass is 16.6. The van der Waals surface area contributed by atoms with Gasteiger partial charge in [-0.1, -0.05) is 43.3 Å². The molecule has 0 unspecified atom stereocenters. The second-order valence-electron chi connectivity index (χ2n) is 11.1. The predicted octanol–water partition coefficient (Wildman–Crippen LogP) is 3.67. The van der Waals surface area contributed by atoms with Gasteiger partial charge < -0.3 is 19.8 Å². The lowest BCUT2D eigenvalue weighted by molar-refractivity contribution is -0.130. The minimum absolute atomic E-state index is 0.296. The molecule has 0 radical (unpaired) electrons. The van der Waals surface area contributed by atoms with Crippen LogP contribution in [0.5, 0.6) is 11.5 Å². The zero-order chi connectivity index (χ0) is 27.9. The fourth-order valence-electron chi connectivity index (χ4n) is 7.32. The Labute approximate surface area is 235 Å². The van der Waals surface area contributed by atoms with Crippen molar-refractivity contribution in [3.8, 4) is 11.5 Å². The summed E-state index contributed by atoms with van der Waals surface area (Å²) < 4.78 is 11.4. The van der Waals surface area contributed by atoms with Crippen LogP contribution in [-0.2, 0) is 32.8 Å². The number of anilines is 2. The molecule has 3 amide bonds. The molecule has 5 heterocycles. The monoisotopic (exact) mass is 548 g/mol. The number of aromatic amines is 1. The van der Waals surface area contributed by atoms with E-state index in [9.17, 15) is 14.4 Å². The zero-order valence-electron chi connectivity index (χ0n) is 22.4. The highest BCUT2D eigenvalue weighted by Crippen LogP contribution is 2.55. The third kappa shape index (κ3) is 3.23. The number of fused-ring (bicyclic) bond motifs is 6. The van der Waals surface area contributed by atoms with E-state index in [2.05, 4.69) is 15.6 Å². The molecule has 8 rings (SSSR count). The van der Waals surface area contributed by atoms with Crippen LogP contribution in [0, 0.1) is 11.8 Å². The molecule has 4 aromatic rings. The number of aryl methyl sites for hydroxylation is 1. The van der Waals surface area contributed by atoms with E-state index in [0.29, 0.717) is 36.8 Å². The Morgan fingerprint density at radius 3 is 2.61 bits per heavy atom. The molecule has 2 fully saturated rings. The number of nitrogens with one attached hydrogen (secondary N) is 3. The Bertz CT molecular complexity index is 1780. The fourth-order valence-corrected chi connectivity index (χ4v) is 7.32. The van der Waals surface area contributed by atoms with Gasteiger partial charge in [0.1, 0.15) is 18.8 Å². The minimum atomic E-state index is -1.36. The second kappa shape index (κ2) is 8.68. The Morgan fingerprint density at radius 2 is 1.76 bits per heavy atom. The first-order valence-electron chi connectivity index (χ1n) is 14.0. The van der Waals surface area contributed by atoms with Crippen LogP contribution in [0.25, 0.3) is 10.9 Å². The van der Waals surface area contributed by atoms with Gasteiger partial charge in [-0.25, -0.2) is 4.90 Å². The molecule has 0 saturated carbocycles. The second-order valence-corrected chi connectivity index (χ2v) is 11.1. The van der Waals surface area contributed by atoms with Gasteiger partial charge in [-0.2, -0.15) is 0 Å². The van der Waals surface area contributed by atoms with E-state index in [4.69, 9.17) is 9.47 Å². The Kier molecular flexibility index (Phi) is 5.12. The van der Waals surface area contributed by atoms with Crippen LogP contribution < -0.4 is 25.0 Å². The van der Waals surface area contributed by atoms with Crippen molar-refractivity contribution in [1.82, 2.24) is 10.3 Å². The highest BCUT2D eigenvalue weighted by Gasteiger charge is 2.70. The van der Waals surface area contributed by atoms with Crippen molar-refractivity contribution in [3.05, 3.63) is 83.6 Å². The predicted molar refractivity (Wildman–Crippen MR) is 152 cm³/mol. The van der Waals surface area contributed by atoms with Crippen LogP contribution >= 0.6 is 0 Å². The number of ether oxygens (including phenoxy) is 2. The molecule has 3 N–H and O–H groups in total. The number of carbonyl (C=O) groups is 3. The smallest absolute Gasteiger partial charge is 0.250 e. The lowest BCUT2D eigenvalue weighted by Crippen LogP contribution is -2.53. The van der Waals surface area contributed by atoms with Crippen LogP contribution in [0.2, 0.25) is 0 Å². The first-order valence-corrected chi connectivity index (χ1v) is 14.0. The number of H-pyrrole nitrogens is 1. The lowest BCUT2D eigenvalue weighted by atomic mass is 9.76. The molecule has 2 saturated heterocycles. The third-order valence-electron chi connectivity index (χ3n) is 9.12. The summed E-state index contributed by atoms with van der Waals surface area (Å²) >= 11 is 0. The quantitative estimate of drug-likeness (QED) is 0.336. The number of carbonyl (C=O) groups excluding carboxylic acids is 3. The molecular weight excluding hydrogens is 520 g/mol. The van der Waals surface area contributed by atoms with Gasteiger partial charge in [-0.3, -0.25) is 19.7 Å². The van der Waals surface area contributed by atoms with Crippen LogP contribution in [0.3, 0.4) is 0 Å². The number of para-hydroxylation sites is 2. The Hall–Kier alpha value is -4.63. The normalized spacial score (nSPS) is 26.1. The molecule has 3 aromatic carbocycles. The molecule has 9 heteroatoms. The molecule has 41 heavy (non-hydrogen) atoms. The van der Waals surface area contributed by atoms with Crippen LogP contribution in [0.4, 0.5) is 11.4 Å². The van der Waals surface area contributed by atoms with Crippen LogP contribution in [0.1, 0.15) is 23.6 Å². The molecule has 4 aliphatic heterocycles. The minimum Gasteiger partial charge on any atom is -0.486 e. The van der Waals surface area contributed by atoms with Gasteiger partial charge in [-0.15, -0.1) is 0 Å². The van der Waals surface area contributed by atoms with Crippen molar-refractivity contribution >= 4 is 40.0 Å². The molecule has 1 aromatic heterocycles. The van der Waals surface area contributed by atoms with Crippen molar-refractivity contribution in [1.29, 1.82) is 0 Å². The molecule has 4 atom stereocenters. The molecule has 4 aliphatic rings. The van der Waals surface area contributed by atoms with Gasteiger partial charge in [0.15, 0.2) is 11.5 Å². The molecule has 0 bridgehead atoms. The number of rotatable bonds is 4. The maximum absolute atomic E-state index is 14.4. The first-order chi connectivity index (χ1) is 20.0. The summed E-state index contributed by atoms with van der Waals surface area (Å²) in [6.45, 7) is 2.86. The maximum Gasteiger partial charge on any atom is 0.250 e. The number of aromatic nitrogens is 1. The summed E-state index contributed by atoms with van der Waals surface area (Å²) in [5, 5.41) is 7.70. The first kappa shape index (κ1) is 24.2.